The Morgan fingerprint density at radius 1 is 1.10 bits per heavy atom. The highest BCUT2D eigenvalue weighted by Crippen LogP contribution is 2.32. The number of carboxylic acid groups (broad SMARTS) is 1. The summed E-state index contributed by atoms with van der Waals surface area (Å²) < 4.78 is 0. The summed E-state index contributed by atoms with van der Waals surface area (Å²) in [5, 5.41) is 9.08. The van der Waals surface area contributed by atoms with Gasteiger partial charge in [0.1, 0.15) is 0 Å². The fraction of sp³-hybridized carbons (Fsp3) is 0.188. The zero-order valence-corrected chi connectivity index (χ0v) is 11.8. The van der Waals surface area contributed by atoms with E-state index in [0.29, 0.717) is 11.4 Å². The minimum atomic E-state index is -0.958. The van der Waals surface area contributed by atoms with E-state index in [9.17, 15) is 4.79 Å². The molecule has 2 rings (SSSR count). The van der Waals surface area contributed by atoms with Gasteiger partial charge in [-0.25, -0.2) is 4.79 Å². The molecule has 2 aromatic carbocycles. The molecule has 0 spiro atoms. The van der Waals surface area contributed by atoms with Crippen LogP contribution >= 0.6 is 0 Å². The van der Waals surface area contributed by atoms with Gasteiger partial charge in [-0.15, -0.1) is 0 Å². The normalized spacial score (nSPS) is 10.3. The molecule has 0 atom stereocenters. The van der Waals surface area contributed by atoms with Crippen molar-refractivity contribution in [3.05, 3.63) is 53.1 Å². The predicted octanol–water partition coefficient (Wildman–Crippen LogP) is 3.35. The molecule has 0 aromatic heterocycles. The van der Waals surface area contributed by atoms with Crippen molar-refractivity contribution in [1.29, 1.82) is 0 Å². The van der Waals surface area contributed by atoms with Crippen LogP contribution in [0.3, 0.4) is 0 Å². The van der Waals surface area contributed by atoms with Crippen molar-refractivity contribution >= 4 is 23.0 Å². The highest BCUT2D eigenvalue weighted by Gasteiger charge is 2.13. The maximum Gasteiger partial charge on any atom is 0.335 e. The molecule has 4 heteroatoms. The molecule has 4 nitrogen and oxygen atoms in total. The van der Waals surface area contributed by atoms with E-state index in [0.717, 1.165) is 11.3 Å². The average molecular weight is 270 g/mol. The van der Waals surface area contributed by atoms with Crippen molar-refractivity contribution in [2.24, 2.45) is 0 Å². The number of anilines is 3. The SMILES string of the molecule is Cc1ccc(N(C)c2cc(C(=O)O)ccc2N)c(C)c1. The molecule has 104 valence electrons. The Kier molecular flexibility index (Phi) is 3.66. The molecule has 0 radical (unpaired) electrons. The molecular weight excluding hydrogens is 252 g/mol. The van der Waals surface area contributed by atoms with E-state index in [-0.39, 0.29) is 5.56 Å². The largest absolute Gasteiger partial charge is 0.478 e. The van der Waals surface area contributed by atoms with Gasteiger partial charge in [0.15, 0.2) is 0 Å². The average Bonchev–Trinajstić information content (AvgIpc) is 2.38. The molecule has 0 amide bonds. The Bertz CT molecular complexity index is 666. The minimum Gasteiger partial charge on any atom is -0.478 e. The third-order valence-corrected chi connectivity index (χ3v) is 3.35. The number of benzene rings is 2. The smallest absolute Gasteiger partial charge is 0.335 e. The first kappa shape index (κ1) is 13.9. The van der Waals surface area contributed by atoms with E-state index in [2.05, 4.69) is 6.07 Å². The number of aromatic carboxylic acids is 1. The Balaban J connectivity index is 2.49. The fourth-order valence-electron chi connectivity index (χ4n) is 2.28. The molecule has 0 bridgehead atoms. The number of nitrogens with two attached hydrogens (primary N) is 1. The first-order chi connectivity index (χ1) is 9.40. The van der Waals surface area contributed by atoms with Gasteiger partial charge in [0.2, 0.25) is 0 Å². The van der Waals surface area contributed by atoms with Gasteiger partial charge in [0.05, 0.1) is 16.9 Å². The fourth-order valence-corrected chi connectivity index (χ4v) is 2.28. The number of rotatable bonds is 3. The number of aryl methyl sites for hydroxylation is 2. The molecule has 0 saturated carbocycles. The summed E-state index contributed by atoms with van der Waals surface area (Å²) in [5.74, 6) is -0.958. The minimum absolute atomic E-state index is 0.228. The van der Waals surface area contributed by atoms with Crippen LogP contribution in [0.1, 0.15) is 21.5 Å². The molecule has 0 aliphatic rings. The van der Waals surface area contributed by atoms with E-state index in [1.54, 1.807) is 12.1 Å². The molecule has 2 aromatic rings. The molecule has 0 heterocycles. The van der Waals surface area contributed by atoms with Crippen LogP contribution in [0.4, 0.5) is 17.1 Å². The Morgan fingerprint density at radius 3 is 2.40 bits per heavy atom. The summed E-state index contributed by atoms with van der Waals surface area (Å²) in [6.07, 6.45) is 0. The highest BCUT2D eigenvalue weighted by molar-refractivity contribution is 5.91. The number of nitrogens with zero attached hydrogens (tertiary/aromatic N) is 1. The lowest BCUT2D eigenvalue weighted by molar-refractivity contribution is 0.0697. The molecule has 3 N–H and O–H groups in total. The van der Waals surface area contributed by atoms with Crippen LogP contribution < -0.4 is 10.6 Å². The second kappa shape index (κ2) is 5.25. The van der Waals surface area contributed by atoms with E-state index in [1.165, 1.54) is 11.6 Å². The third-order valence-electron chi connectivity index (χ3n) is 3.35. The quantitative estimate of drug-likeness (QED) is 0.839. The van der Waals surface area contributed by atoms with Gasteiger partial charge < -0.3 is 15.7 Å². The van der Waals surface area contributed by atoms with Gasteiger partial charge in [0.25, 0.3) is 0 Å². The summed E-state index contributed by atoms with van der Waals surface area (Å²) in [5.41, 5.74) is 10.8. The van der Waals surface area contributed by atoms with Gasteiger partial charge in [0, 0.05) is 12.7 Å². The number of hydrogen-bond acceptors (Lipinski definition) is 3. The van der Waals surface area contributed by atoms with E-state index in [1.807, 2.05) is 37.9 Å². The standard InChI is InChI=1S/C16H18N2O2/c1-10-4-7-14(11(2)8-10)18(3)15-9-12(16(19)20)5-6-13(15)17/h4-9H,17H2,1-3H3,(H,19,20). The van der Waals surface area contributed by atoms with Crippen molar-refractivity contribution in [1.82, 2.24) is 0 Å². The number of nitrogen functional groups attached to an aromatic ring is 1. The van der Waals surface area contributed by atoms with Crippen LogP contribution in [-0.2, 0) is 0 Å². The van der Waals surface area contributed by atoms with Crippen molar-refractivity contribution in [2.45, 2.75) is 13.8 Å². The summed E-state index contributed by atoms with van der Waals surface area (Å²) in [4.78, 5) is 13.0. The van der Waals surface area contributed by atoms with E-state index >= 15 is 0 Å². The van der Waals surface area contributed by atoms with Gasteiger partial charge in [-0.1, -0.05) is 17.7 Å². The van der Waals surface area contributed by atoms with Gasteiger partial charge in [-0.05, 0) is 43.7 Å². The van der Waals surface area contributed by atoms with Crippen LogP contribution in [0, 0.1) is 13.8 Å². The lowest BCUT2D eigenvalue weighted by Gasteiger charge is -2.23. The van der Waals surface area contributed by atoms with Crippen molar-refractivity contribution in [2.75, 3.05) is 17.7 Å². The summed E-state index contributed by atoms with van der Waals surface area (Å²) >= 11 is 0. The zero-order chi connectivity index (χ0) is 14.9. The van der Waals surface area contributed by atoms with Crippen LogP contribution in [0.5, 0.6) is 0 Å². The molecule has 0 saturated heterocycles. The highest BCUT2D eigenvalue weighted by atomic mass is 16.4. The van der Waals surface area contributed by atoms with Crippen LogP contribution in [0.25, 0.3) is 0 Å². The zero-order valence-electron chi connectivity index (χ0n) is 11.8. The number of carboxylic acids is 1. The molecule has 0 unspecified atom stereocenters. The lowest BCUT2D eigenvalue weighted by Crippen LogP contribution is -2.14. The number of hydrogen-bond donors (Lipinski definition) is 2. The molecule has 20 heavy (non-hydrogen) atoms. The predicted molar refractivity (Wildman–Crippen MR) is 81.8 cm³/mol. The Labute approximate surface area is 118 Å². The molecular formula is C16H18N2O2. The van der Waals surface area contributed by atoms with E-state index in [4.69, 9.17) is 10.8 Å². The van der Waals surface area contributed by atoms with Crippen LogP contribution in [0.15, 0.2) is 36.4 Å². The van der Waals surface area contributed by atoms with E-state index < -0.39 is 5.97 Å². The van der Waals surface area contributed by atoms with Crippen molar-refractivity contribution in [3.8, 4) is 0 Å². The van der Waals surface area contributed by atoms with Gasteiger partial charge in [-0.3, -0.25) is 0 Å². The Morgan fingerprint density at radius 2 is 1.80 bits per heavy atom. The van der Waals surface area contributed by atoms with Crippen molar-refractivity contribution < 1.29 is 9.90 Å². The number of carbonyl (C=O) groups is 1. The van der Waals surface area contributed by atoms with Gasteiger partial charge in [-0.2, -0.15) is 0 Å². The second-order valence-electron chi connectivity index (χ2n) is 4.93. The molecule has 0 aliphatic heterocycles. The van der Waals surface area contributed by atoms with Crippen molar-refractivity contribution in [3.63, 3.8) is 0 Å². The monoisotopic (exact) mass is 270 g/mol. The summed E-state index contributed by atoms with van der Waals surface area (Å²) in [6.45, 7) is 4.06. The first-order valence-electron chi connectivity index (χ1n) is 6.34. The first-order valence-corrected chi connectivity index (χ1v) is 6.34. The van der Waals surface area contributed by atoms with Crippen LogP contribution in [-0.4, -0.2) is 18.1 Å². The van der Waals surface area contributed by atoms with Crippen LogP contribution in [0.2, 0.25) is 0 Å². The maximum atomic E-state index is 11.1. The second-order valence-corrected chi connectivity index (χ2v) is 4.93. The Hall–Kier alpha value is -2.49. The molecule has 0 aliphatic carbocycles. The van der Waals surface area contributed by atoms with Gasteiger partial charge >= 0.3 is 5.97 Å². The maximum absolute atomic E-state index is 11.1. The molecule has 0 fully saturated rings. The summed E-state index contributed by atoms with van der Waals surface area (Å²) in [7, 11) is 1.88. The third kappa shape index (κ3) is 2.59. The topological polar surface area (TPSA) is 66.6 Å². The summed E-state index contributed by atoms with van der Waals surface area (Å²) in [6, 6.07) is 10.9. The lowest BCUT2D eigenvalue weighted by atomic mass is 10.1.